The fraction of sp³-hybridized carbons (Fsp3) is 0.143. The van der Waals surface area contributed by atoms with Crippen LogP contribution in [0.3, 0.4) is 0 Å². The second kappa shape index (κ2) is 3.70. The molecule has 0 amide bonds. The number of aryl methyl sites for hydroxylation is 1. The number of para-hydroxylation sites is 1. The summed E-state index contributed by atoms with van der Waals surface area (Å²) in [6.07, 6.45) is 1.99. The van der Waals surface area contributed by atoms with Crippen LogP contribution in [0.5, 0.6) is 0 Å². The van der Waals surface area contributed by atoms with Crippen molar-refractivity contribution in [3.05, 3.63) is 59.0 Å². The second-order valence-corrected chi connectivity index (χ2v) is 4.00. The number of rotatable bonds is 1. The number of hydrogen-bond donors (Lipinski definition) is 0. The van der Waals surface area contributed by atoms with E-state index in [1.165, 1.54) is 0 Å². The summed E-state index contributed by atoms with van der Waals surface area (Å²) in [5.74, 6) is 0. The lowest BCUT2D eigenvalue weighted by atomic mass is 10.2. The molecule has 0 atom stereocenters. The molecule has 17 heavy (non-hydrogen) atoms. The Morgan fingerprint density at radius 2 is 1.88 bits per heavy atom. The van der Waals surface area contributed by atoms with E-state index in [0.29, 0.717) is 6.54 Å². The number of nitrogens with zero attached hydrogens (tertiary/aromatic N) is 2. The largest absolute Gasteiger partial charge is 0.345 e. The van der Waals surface area contributed by atoms with Gasteiger partial charge in [-0.05, 0) is 25.1 Å². The van der Waals surface area contributed by atoms with E-state index in [1.54, 1.807) is 4.57 Å². The molecule has 0 unspecified atom stereocenters. The smallest absolute Gasteiger partial charge is 0.241 e. The van der Waals surface area contributed by atoms with Crippen molar-refractivity contribution in [1.82, 2.24) is 4.57 Å². The van der Waals surface area contributed by atoms with Crippen LogP contribution in [0, 0.1) is 0 Å². The summed E-state index contributed by atoms with van der Waals surface area (Å²) in [6.45, 7) is 2.67. The summed E-state index contributed by atoms with van der Waals surface area (Å²) < 4.78 is 3.85. The molecule has 3 nitrogen and oxygen atoms in total. The molecule has 3 aromatic rings. The van der Waals surface area contributed by atoms with E-state index >= 15 is 0 Å². The topological polar surface area (TPSA) is 26.1 Å². The first-order valence-electron chi connectivity index (χ1n) is 5.75. The van der Waals surface area contributed by atoms with Crippen LogP contribution >= 0.6 is 0 Å². The van der Waals surface area contributed by atoms with E-state index < -0.39 is 0 Å². The van der Waals surface area contributed by atoms with Gasteiger partial charge in [0.2, 0.25) is 0 Å². The highest BCUT2D eigenvalue weighted by molar-refractivity contribution is 5.75. The molecule has 1 aromatic carbocycles. The Morgan fingerprint density at radius 3 is 2.71 bits per heavy atom. The van der Waals surface area contributed by atoms with Crippen LogP contribution in [0.15, 0.2) is 53.5 Å². The van der Waals surface area contributed by atoms with E-state index in [9.17, 15) is 4.79 Å². The van der Waals surface area contributed by atoms with Crippen molar-refractivity contribution in [1.29, 1.82) is 0 Å². The minimum Gasteiger partial charge on any atom is -0.241 e. The summed E-state index contributed by atoms with van der Waals surface area (Å²) >= 11 is 0. The first-order valence-corrected chi connectivity index (χ1v) is 5.75. The van der Waals surface area contributed by atoms with E-state index in [0.717, 1.165) is 16.6 Å². The summed E-state index contributed by atoms with van der Waals surface area (Å²) in [5.41, 5.74) is 1.96. The fourth-order valence-electron chi connectivity index (χ4n) is 2.28. The zero-order valence-electron chi connectivity index (χ0n) is 9.63. The van der Waals surface area contributed by atoms with Crippen LogP contribution in [-0.4, -0.2) is 4.57 Å². The minimum atomic E-state index is 0.0781. The zero-order chi connectivity index (χ0) is 11.8. The predicted molar refractivity (Wildman–Crippen MR) is 67.0 cm³/mol. The molecule has 0 radical (unpaired) electrons. The van der Waals surface area contributed by atoms with E-state index in [1.807, 2.05) is 55.6 Å². The SMILES string of the molecule is CCn1c(=O)c2ccccc2[n+]2ccccc12. The molecule has 2 heterocycles. The third-order valence-corrected chi connectivity index (χ3v) is 3.07. The number of benzene rings is 1. The molecule has 0 fully saturated rings. The summed E-state index contributed by atoms with van der Waals surface area (Å²) in [6, 6.07) is 13.6. The monoisotopic (exact) mass is 225 g/mol. The third kappa shape index (κ3) is 1.35. The van der Waals surface area contributed by atoms with E-state index in [4.69, 9.17) is 0 Å². The Morgan fingerprint density at radius 1 is 1.12 bits per heavy atom. The first-order chi connectivity index (χ1) is 8.33. The highest BCUT2D eigenvalue weighted by Crippen LogP contribution is 2.06. The average molecular weight is 225 g/mol. The van der Waals surface area contributed by atoms with Crippen LogP contribution in [-0.2, 0) is 6.54 Å². The lowest BCUT2D eigenvalue weighted by Gasteiger charge is -2.03. The van der Waals surface area contributed by atoms with Gasteiger partial charge in [0.1, 0.15) is 10.9 Å². The number of aromatic nitrogens is 2. The number of pyridine rings is 1. The van der Waals surface area contributed by atoms with Gasteiger partial charge >= 0.3 is 5.56 Å². The molecule has 0 saturated heterocycles. The van der Waals surface area contributed by atoms with Gasteiger partial charge in [0.25, 0.3) is 5.65 Å². The van der Waals surface area contributed by atoms with Gasteiger partial charge < -0.3 is 0 Å². The molecule has 0 aliphatic rings. The van der Waals surface area contributed by atoms with Gasteiger partial charge in [0.15, 0.2) is 0 Å². The molecule has 3 rings (SSSR count). The second-order valence-electron chi connectivity index (χ2n) is 4.00. The third-order valence-electron chi connectivity index (χ3n) is 3.07. The Labute approximate surface area is 98.6 Å². The molecule has 0 bridgehead atoms. The summed E-state index contributed by atoms with van der Waals surface area (Å²) in [4.78, 5) is 12.3. The maximum atomic E-state index is 12.3. The quantitative estimate of drug-likeness (QED) is 0.458. The van der Waals surface area contributed by atoms with Gasteiger partial charge in [-0.1, -0.05) is 18.2 Å². The van der Waals surface area contributed by atoms with Crippen molar-refractivity contribution >= 4 is 16.6 Å². The molecule has 0 saturated carbocycles. The maximum Gasteiger partial charge on any atom is 0.345 e. The average Bonchev–Trinajstić information content (AvgIpc) is 2.40. The van der Waals surface area contributed by atoms with Crippen molar-refractivity contribution in [3.63, 3.8) is 0 Å². The van der Waals surface area contributed by atoms with Crippen molar-refractivity contribution in [2.75, 3.05) is 0 Å². The highest BCUT2D eigenvalue weighted by atomic mass is 16.1. The molecule has 0 spiro atoms. The molecule has 84 valence electrons. The van der Waals surface area contributed by atoms with Crippen LogP contribution in [0.2, 0.25) is 0 Å². The Bertz CT molecular complexity index is 759. The molecule has 2 aromatic heterocycles. The highest BCUT2D eigenvalue weighted by Gasteiger charge is 2.15. The zero-order valence-corrected chi connectivity index (χ0v) is 9.63. The van der Waals surface area contributed by atoms with Crippen LogP contribution in [0.4, 0.5) is 0 Å². The Balaban J connectivity index is 2.69. The van der Waals surface area contributed by atoms with Crippen LogP contribution in [0.25, 0.3) is 16.6 Å². The van der Waals surface area contributed by atoms with Crippen molar-refractivity contribution in [2.45, 2.75) is 13.5 Å². The Kier molecular flexibility index (Phi) is 2.18. The van der Waals surface area contributed by atoms with Crippen molar-refractivity contribution in [3.8, 4) is 0 Å². The van der Waals surface area contributed by atoms with Gasteiger partial charge in [0.05, 0.1) is 12.7 Å². The normalized spacial score (nSPS) is 11.1. The molecule has 3 heteroatoms. The maximum absolute atomic E-state index is 12.3. The van der Waals surface area contributed by atoms with Gasteiger partial charge in [-0.15, -0.1) is 0 Å². The van der Waals surface area contributed by atoms with Crippen LogP contribution < -0.4 is 9.96 Å². The lowest BCUT2D eigenvalue weighted by Crippen LogP contribution is -2.34. The molecular formula is C14H13N2O+. The van der Waals surface area contributed by atoms with Crippen LogP contribution in [0.1, 0.15) is 6.92 Å². The predicted octanol–water partition coefficient (Wildman–Crippen LogP) is 1.76. The van der Waals surface area contributed by atoms with Crippen molar-refractivity contribution in [2.24, 2.45) is 0 Å². The standard InChI is InChI=1S/C14H13N2O/c1-2-15-13-9-5-6-10-16(13)12-8-4-3-7-11(12)14(15)17/h3-10H,2H2,1H3/q+1. The van der Waals surface area contributed by atoms with Crippen molar-refractivity contribution < 1.29 is 4.40 Å². The van der Waals surface area contributed by atoms with E-state index in [2.05, 4.69) is 4.40 Å². The number of fused-ring (bicyclic) bond motifs is 3. The molecule has 0 aliphatic carbocycles. The van der Waals surface area contributed by atoms with Gasteiger partial charge in [-0.3, -0.25) is 0 Å². The van der Waals surface area contributed by atoms with Gasteiger partial charge in [-0.2, -0.15) is 8.97 Å². The summed E-state index contributed by atoms with van der Waals surface area (Å²) in [7, 11) is 0. The van der Waals surface area contributed by atoms with Gasteiger partial charge in [0, 0.05) is 6.07 Å². The first kappa shape index (κ1) is 10.0. The molecule has 0 N–H and O–H groups in total. The Hall–Kier alpha value is -2.16. The minimum absolute atomic E-state index is 0.0781. The fourth-order valence-corrected chi connectivity index (χ4v) is 2.28. The molecular weight excluding hydrogens is 212 g/mol. The lowest BCUT2D eigenvalue weighted by molar-refractivity contribution is -0.486. The molecule has 0 aliphatic heterocycles. The number of hydrogen-bond acceptors (Lipinski definition) is 1. The van der Waals surface area contributed by atoms with Gasteiger partial charge in [-0.25, -0.2) is 4.79 Å². The van der Waals surface area contributed by atoms with E-state index in [-0.39, 0.29) is 5.56 Å². The summed E-state index contributed by atoms with van der Waals surface area (Å²) in [5, 5.41) is 0.762.